The Kier molecular flexibility index (Phi) is 14.0. The third-order valence-electron chi connectivity index (χ3n) is 3.18. The average molecular weight is 426 g/mol. The minimum atomic E-state index is 0. The Morgan fingerprint density at radius 3 is 2.38 bits per heavy atom. The molecule has 2 saturated heterocycles. The average Bonchev–Trinajstić information content (AvgIpc) is 2.28. The summed E-state index contributed by atoms with van der Waals surface area (Å²) in [4.78, 5) is 2.65. The van der Waals surface area contributed by atoms with Crippen LogP contribution in [0.5, 0.6) is 0 Å². The van der Waals surface area contributed by atoms with Crippen LogP contribution >= 0.6 is 50.9 Å². The standard InChI is InChI=1S/C10H21N3.3BrH/c1-2-7-13-8-6-11-4-5-12-9-10(13)3-1;;;/h10-12H,1-9H2;3*1H. The second kappa shape index (κ2) is 11.4. The van der Waals surface area contributed by atoms with Gasteiger partial charge in [-0.2, -0.15) is 0 Å². The van der Waals surface area contributed by atoms with Crippen LogP contribution in [0.3, 0.4) is 0 Å². The molecule has 0 aromatic heterocycles. The third kappa shape index (κ3) is 6.31. The molecule has 0 spiro atoms. The fraction of sp³-hybridized carbons (Fsp3) is 1.00. The maximum absolute atomic E-state index is 3.52. The monoisotopic (exact) mass is 423 g/mol. The third-order valence-corrected chi connectivity index (χ3v) is 3.18. The second-order valence-corrected chi connectivity index (χ2v) is 4.14. The number of halogens is 3. The molecule has 0 saturated carbocycles. The number of hydrogen-bond acceptors (Lipinski definition) is 3. The van der Waals surface area contributed by atoms with Gasteiger partial charge in [-0.25, -0.2) is 0 Å². The minimum absolute atomic E-state index is 0. The van der Waals surface area contributed by atoms with E-state index in [4.69, 9.17) is 0 Å². The number of nitrogens with one attached hydrogen (secondary N) is 2. The molecule has 2 heterocycles. The summed E-state index contributed by atoms with van der Waals surface area (Å²) in [7, 11) is 0. The predicted octanol–water partition coefficient (Wildman–Crippen LogP) is 1.77. The zero-order chi connectivity index (χ0) is 8.93. The van der Waals surface area contributed by atoms with E-state index in [1.165, 1.54) is 38.9 Å². The van der Waals surface area contributed by atoms with Crippen molar-refractivity contribution in [2.24, 2.45) is 0 Å². The SMILES string of the molecule is Br.Br.Br.C1CCN2CCNCCNCC2C1. The highest BCUT2D eigenvalue weighted by Crippen LogP contribution is 2.15. The van der Waals surface area contributed by atoms with Crippen molar-refractivity contribution in [3.8, 4) is 0 Å². The Morgan fingerprint density at radius 1 is 0.812 bits per heavy atom. The van der Waals surface area contributed by atoms with Crippen molar-refractivity contribution in [1.29, 1.82) is 0 Å². The number of hydrogen-bond donors (Lipinski definition) is 2. The smallest absolute Gasteiger partial charge is 0.0221 e. The summed E-state index contributed by atoms with van der Waals surface area (Å²) in [5.41, 5.74) is 0. The summed E-state index contributed by atoms with van der Waals surface area (Å²) in [6.45, 7) is 7.17. The van der Waals surface area contributed by atoms with Crippen LogP contribution in [0, 0.1) is 0 Å². The first kappa shape index (κ1) is 19.7. The van der Waals surface area contributed by atoms with Crippen molar-refractivity contribution in [3.05, 3.63) is 0 Å². The molecule has 1 atom stereocenters. The van der Waals surface area contributed by atoms with Crippen LogP contribution in [0.25, 0.3) is 0 Å². The van der Waals surface area contributed by atoms with E-state index in [0.29, 0.717) is 0 Å². The zero-order valence-corrected chi connectivity index (χ0v) is 14.8. The molecule has 16 heavy (non-hydrogen) atoms. The normalized spacial score (nSPS) is 26.6. The van der Waals surface area contributed by atoms with Gasteiger partial charge in [0, 0.05) is 38.8 Å². The Balaban J connectivity index is 0. The molecule has 2 aliphatic rings. The van der Waals surface area contributed by atoms with E-state index in [9.17, 15) is 0 Å². The number of rotatable bonds is 0. The molecule has 0 aromatic rings. The largest absolute Gasteiger partial charge is 0.314 e. The Labute approximate surface area is 130 Å². The summed E-state index contributed by atoms with van der Waals surface area (Å²) in [6, 6.07) is 0.814. The molecule has 100 valence electrons. The lowest BCUT2D eigenvalue weighted by Crippen LogP contribution is -2.46. The molecule has 0 amide bonds. The summed E-state index contributed by atoms with van der Waals surface area (Å²) >= 11 is 0. The molecule has 0 bridgehead atoms. The van der Waals surface area contributed by atoms with Gasteiger partial charge in [0.05, 0.1) is 0 Å². The van der Waals surface area contributed by atoms with Crippen LogP contribution in [-0.4, -0.2) is 50.2 Å². The van der Waals surface area contributed by atoms with Crippen molar-refractivity contribution >= 4 is 50.9 Å². The van der Waals surface area contributed by atoms with Gasteiger partial charge in [-0.15, -0.1) is 50.9 Å². The quantitative estimate of drug-likeness (QED) is 0.619. The van der Waals surface area contributed by atoms with Crippen LogP contribution in [0.15, 0.2) is 0 Å². The van der Waals surface area contributed by atoms with Crippen molar-refractivity contribution in [2.75, 3.05) is 39.3 Å². The van der Waals surface area contributed by atoms with E-state index in [0.717, 1.165) is 25.7 Å². The lowest BCUT2D eigenvalue weighted by atomic mass is 10.0. The highest BCUT2D eigenvalue weighted by Gasteiger charge is 2.21. The lowest BCUT2D eigenvalue weighted by molar-refractivity contribution is 0.151. The summed E-state index contributed by atoms with van der Waals surface area (Å²) in [5.74, 6) is 0. The lowest BCUT2D eigenvalue weighted by Gasteiger charge is -2.35. The highest BCUT2D eigenvalue weighted by molar-refractivity contribution is 8.93. The van der Waals surface area contributed by atoms with E-state index in [1.54, 1.807) is 0 Å². The Morgan fingerprint density at radius 2 is 1.56 bits per heavy atom. The number of fused-ring (bicyclic) bond motifs is 1. The molecule has 3 nitrogen and oxygen atoms in total. The van der Waals surface area contributed by atoms with Gasteiger partial charge in [0.15, 0.2) is 0 Å². The minimum Gasteiger partial charge on any atom is -0.314 e. The van der Waals surface area contributed by atoms with Crippen LogP contribution in [0.1, 0.15) is 19.3 Å². The van der Waals surface area contributed by atoms with Gasteiger partial charge in [-0.05, 0) is 19.4 Å². The van der Waals surface area contributed by atoms with Gasteiger partial charge in [-0.1, -0.05) is 6.42 Å². The fourth-order valence-electron chi connectivity index (χ4n) is 2.38. The molecule has 1 unspecified atom stereocenters. The van der Waals surface area contributed by atoms with Crippen LogP contribution in [-0.2, 0) is 0 Å². The van der Waals surface area contributed by atoms with Gasteiger partial charge in [0.25, 0.3) is 0 Å². The molecular formula is C10H24Br3N3. The van der Waals surface area contributed by atoms with E-state index in [2.05, 4.69) is 15.5 Å². The van der Waals surface area contributed by atoms with E-state index >= 15 is 0 Å². The van der Waals surface area contributed by atoms with Gasteiger partial charge in [-0.3, -0.25) is 4.90 Å². The zero-order valence-electron chi connectivity index (χ0n) is 9.61. The molecule has 2 N–H and O–H groups in total. The van der Waals surface area contributed by atoms with Crippen molar-refractivity contribution in [1.82, 2.24) is 15.5 Å². The summed E-state index contributed by atoms with van der Waals surface area (Å²) < 4.78 is 0. The van der Waals surface area contributed by atoms with Gasteiger partial charge in [0.1, 0.15) is 0 Å². The van der Waals surface area contributed by atoms with Crippen LogP contribution in [0.2, 0.25) is 0 Å². The molecule has 0 radical (unpaired) electrons. The van der Waals surface area contributed by atoms with Crippen molar-refractivity contribution in [3.63, 3.8) is 0 Å². The molecule has 2 fully saturated rings. The summed E-state index contributed by atoms with van der Waals surface area (Å²) in [6.07, 6.45) is 4.22. The van der Waals surface area contributed by atoms with Crippen LogP contribution < -0.4 is 10.6 Å². The van der Waals surface area contributed by atoms with E-state index in [-0.39, 0.29) is 50.9 Å². The predicted molar refractivity (Wildman–Crippen MR) is 85.9 cm³/mol. The molecule has 2 aliphatic heterocycles. The highest BCUT2D eigenvalue weighted by atomic mass is 79.9. The fourth-order valence-corrected chi connectivity index (χ4v) is 2.38. The first-order valence-electron chi connectivity index (χ1n) is 5.62. The van der Waals surface area contributed by atoms with E-state index in [1.807, 2.05) is 0 Å². The first-order chi connectivity index (χ1) is 6.47. The molecule has 0 aliphatic carbocycles. The first-order valence-corrected chi connectivity index (χ1v) is 5.62. The molecule has 2 rings (SSSR count). The van der Waals surface area contributed by atoms with Crippen LogP contribution in [0.4, 0.5) is 0 Å². The topological polar surface area (TPSA) is 27.3 Å². The van der Waals surface area contributed by atoms with E-state index < -0.39 is 0 Å². The molecular weight excluding hydrogens is 402 g/mol. The Bertz CT molecular complexity index is 144. The summed E-state index contributed by atoms with van der Waals surface area (Å²) in [5, 5.41) is 6.98. The number of piperidine rings is 1. The second-order valence-electron chi connectivity index (χ2n) is 4.14. The van der Waals surface area contributed by atoms with Gasteiger partial charge < -0.3 is 10.6 Å². The van der Waals surface area contributed by atoms with Gasteiger partial charge >= 0.3 is 0 Å². The van der Waals surface area contributed by atoms with Crippen molar-refractivity contribution in [2.45, 2.75) is 25.3 Å². The maximum atomic E-state index is 3.52. The maximum Gasteiger partial charge on any atom is 0.0221 e. The van der Waals surface area contributed by atoms with Crippen molar-refractivity contribution < 1.29 is 0 Å². The Hall–Kier alpha value is 1.32. The number of nitrogens with zero attached hydrogens (tertiary/aromatic N) is 1. The van der Waals surface area contributed by atoms with Gasteiger partial charge in [0.2, 0.25) is 0 Å². The molecule has 0 aromatic carbocycles. The molecule has 6 heteroatoms.